The average Bonchev–Trinajstić information content (AvgIpc) is 2.60. The molecule has 24 heavy (non-hydrogen) atoms. The first kappa shape index (κ1) is 17.2. The minimum atomic E-state index is 0.258. The van der Waals surface area contributed by atoms with Crippen molar-refractivity contribution >= 4 is 0 Å². The average molecular weight is 324 g/mol. The second-order valence-electron chi connectivity index (χ2n) is 6.84. The van der Waals surface area contributed by atoms with Crippen LogP contribution in [0.1, 0.15) is 23.1 Å². The molecule has 0 unspecified atom stereocenters. The highest BCUT2D eigenvalue weighted by Crippen LogP contribution is 2.18. The molecule has 1 fully saturated rings. The van der Waals surface area contributed by atoms with Gasteiger partial charge in [-0.3, -0.25) is 9.80 Å². The highest BCUT2D eigenvalue weighted by molar-refractivity contribution is 5.21. The molecule has 128 valence electrons. The van der Waals surface area contributed by atoms with Crippen LogP contribution in [0.2, 0.25) is 0 Å². The van der Waals surface area contributed by atoms with E-state index in [9.17, 15) is 5.11 Å². The maximum Gasteiger partial charge on any atom is 0.0446 e. The summed E-state index contributed by atoms with van der Waals surface area (Å²) in [5.41, 5.74) is 4.03. The van der Waals surface area contributed by atoms with E-state index in [1.165, 1.54) is 16.7 Å². The molecule has 2 aromatic rings. The number of aryl methyl sites for hydroxylation is 1. The van der Waals surface area contributed by atoms with Gasteiger partial charge in [-0.25, -0.2) is 0 Å². The minimum absolute atomic E-state index is 0.258. The smallest absolute Gasteiger partial charge is 0.0446 e. The van der Waals surface area contributed by atoms with Gasteiger partial charge < -0.3 is 5.11 Å². The molecular weight excluding hydrogens is 296 g/mol. The Kier molecular flexibility index (Phi) is 6.02. The Morgan fingerprint density at radius 2 is 1.62 bits per heavy atom. The van der Waals surface area contributed by atoms with E-state index in [1.54, 1.807) is 0 Å². The molecule has 1 saturated heterocycles. The summed E-state index contributed by atoms with van der Waals surface area (Å²) in [5, 5.41) is 9.47. The summed E-state index contributed by atoms with van der Waals surface area (Å²) in [6, 6.07) is 19.9. The lowest BCUT2D eigenvalue weighted by atomic mass is 10.1. The fourth-order valence-electron chi connectivity index (χ4n) is 3.50. The lowest BCUT2D eigenvalue weighted by Crippen LogP contribution is -2.52. The molecule has 3 heteroatoms. The monoisotopic (exact) mass is 324 g/mol. The van der Waals surface area contributed by atoms with Crippen LogP contribution in [-0.4, -0.2) is 47.2 Å². The summed E-state index contributed by atoms with van der Waals surface area (Å²) < 4.78 is 0. The van der Waals surface area contributed by atoms with Crippen molar-refractivity contribution in [1.82, 2.24) is 9.80 Å². The number of hydrogen-bond acceptors (Lipinski definition) is 3. The Hall–Kier alpha value is -1.68. The van der Waals surface area contributed by atoms with Gasteiger partial charge in [0, 0.05) is 45.4 Å². The summed E-state index contributed by atoms with van der Waals surface area (Å²) in [5.74, 6) is 0. The summed E-state index contributed by atoms with van der Waals surface area (Å²) in [7, 11) is 0. The van der Waals surface area contributed by atoms with Crippen LogP contribution in [-0.2, 0) is 13.1 Å². The van der Waals surface area contributed by atoms with E-state index in [1.807, 2.05) is 0 Å². The predicted octanol–water partition coefficient (Wildman–Crippen LogP) is 3.06. The van der Waals surface area contributed by atoms with E-state index in [4.69, 9.17) is 0 Å². The number of rotatable bonds is 6. The van der Waals surface area contributed by atoms with Crippen LogP contribution in [0.5, 0.6) is 0 Å². The fourth-order valence-corrected chi connectivity index (χ4v) is 3.50. The molecule has 0 aromatic heterocycles. The third-order valence-corrected chi connectivity index (χ3v) is 4.91. The van der Waals surface area contributed by atoms with Crippen molar-refractivity contribution in [2.45, 2.75) is 32.5 Å². The Bertz CT molecular complexity index is 611. The van der Waals surface area contributed by atoms with Crippen molar-refractivity contribution in [3.05, 3.63) is 71.3 Å². The van der Waals surface area contributed by atoms with Crippen LogP contribution in [0.3, 0.4) is 0 Å². The second kappa shape index (κ2) is 8.43. The summed E-state index contributed by atoms with van der Waals surface area (Å²) >= 11 is 0. The number of aliphatic hydroxyl groups is 1. The van der Waals surface area contributed by atoms with Gasteiger partial charge in [0.15, 0.2) is 0 Å². The van der Waals surface area contributed by atoms with Gasteiger partial charge in [0.1, 0.15) is 0 Å². The van der Waals surface area contributed by atoms with Crippen LogP contribution >= 0.6 is 0 Å². The van der Waals surface area contributed by atoms with E-state index in [0.29, 0.717) is 6.04 Å². The number of aliphatic hydroxyl groups excluding tert-OH is 1. The molecule has 1 heterocycles. The van der Waals surface area contributed by atoms with Crippen LogP contribution in [0.25, 0.3) is 0 Å². The van der Waals surface area contributed by atoms with Crippen molar-refractivity contribution < 1.29 is 5.11 Å². The number of hydrogen-bond donors (Lipinski definition) is 1. The Balaban J connectivity index is 1.61. The zero-order valence-corrected chi connectivity index (χ0v) is 14.6. The normalized spacial score (nSPS) is 19.5. The molecule has 2 aromatic carbocycles. The quantitative estimate of drug-likeness (QED) is 0.885. The van der Waals surface area contributed by atoms with Gasteiger partial charge >= 0.3 is 0 Å². The van der Waals surface area contributed by atoms with Gasteiger partial charge in [-0.15, -0.1) is 0 Å². The number of benzene rings is 2. The maximum absolute atomic E-state index is 9.47. The topological polar surface area (TPSA) is 26.7 Å². The first-order chi connectivity index (χ1) is 11.7. The number of piperazine rings is 1. The van der Waals surface area contributed by atoms with Crippen molar-refractivity contribution in [2.75, 3.05) is 26.2 Å². The van der Waals surface area contributed by atoms with E-state index in [0.717, 1.165) is 39.1 Å². The van der Waals surface area contributed by atoms with E-state index >= 15 is 0 Å². The van der Waals surface area contributed by atoms with E-state index in [-0.39, 0.29) is 6.61 Å². The molecule has 3 rings (SSSR count). The first-order valence-electron chi connectivity index (χ1n) is 8.91. The van der Waals surface area contributed by atoms with Crippen LogP contribution < -0.4 is 0 Å². The summed E-state index contributed by atoms with van der Waals surface area (Å²) in [6.07, 6.45) is 0.844. The number of nitrogens with zero attached hydrogens (tertiary/aromatic N) is 2. The lowest BCUT2D eigenvalue weighted by molar-refractivity contribution is 0.0500. The molecule has 3 nitrogen and oxygen atoms in total. The fraction of sp³-hybridized carbons (Fsp3) is 0.429. The Labute approximate surface area is 145 Å². The van der Waals surface area contributed by atoms with Crippen molar-refractivity contribution in [3.8, 4) is 0 Å². The SMILES string of the molecule is Cc1ccc(CN2CCN(Cc3ccccc3)C[C@@H]2CCO)cc1. The molecule has 0 radical (unpaired) electrons. The molecule has 1 N–H and O–H groups in total. The largest absolute Gasteiger partial charge is 0.396 e. The van der Waals surface area contributed by atoms with Crippen molar-refractivity contribution in [2.24, 2.45) is 0 Å². The van der Waals surface area contributed by atoms with Gasteiger partial charge in [0.25, 0.3) is 0 Å². The zero-order chi connectivity index (χ0) is 16.8. The standard InChI is InChI=1S/C21H28N2O/c1-18-7-9-20(10-8-18)16-23-13-12-22(17-21(23)11-14-24)15-19-5-3-2-4-6-19/h2-10,21,24H,11-17H2,1H3/t21-/m0/s1. The third-order valence-electron chi connectivity index (χ3n) is 4.91. The van der Waals surface area contributed by atoms with Crippen LogP contribution in [0.15, 0.2) is 54.6 Å². The van der Waals surface area contributed by atoms with Gasteiger partial charge in [-0.2, -0.15) is 0 Å². The molecular formula is C21H28N2O. The molecule has 1 atom stereocenters. The molecule has 0 spiro atoms. The summed E-state index contributed by atoms with van der Waals surface area (Å²) in [6.45, 7) is 7.54. The molecule has 1 aliphatic heterocycles. The van der Waals surface area contributed by atoms with Crippen molar-refractivity contribution in [1.29, 1.82) is 0 Å². The Morgan fingerprint density at radius 1 is 0.917 bits per heavy atom. The zero-order valence-electron chi connectivity index (χ0n) is 14.6. The van der Waals surface area contributed by atoms with Gasteiger partial charge in [-0.1, -0.05) is 60.2 Å². The van der Waals surface area contributed by atoms with Crippen molar-refractivity contribution in [3.63, 3.8) is 0 Å². The van der Waals surface area contributed by atoms with Crippen LogP contribution in [0.4, 0.5) is 0 Å². The molecule has 0 saturated carbocycles. The van der Waals surface area contributed by atoms with Gasteiger partial charge in [-0.05, 0) is 24.5 Å². The molecule has 0 amide bonds. The van der Waals surface area contributed by atoms with Crippen LogP contribution in [0, 0.1) is 6.92 Å². The van der Waals surface area contributed by atoms with E-state index < -0.39 is 0 Å². The highest BCUT2D eigenvalue weighted by Gasteiger charge is 2.26. The second-order valence-corrected chi connectivity index (χ2v) is 6.84. The molecule has 0 aliphatic carbocycles. The minimum Gasteiger partial charge on any atom is -0.396 e. The predicted molar refractivity (Wildman–Crippen MR) is 98.8 cm³/mol. The Morgan fingerprint density at radius 3 is 2.33 bits per heavy atom. The first-order valence-corrected chi connectivity index (χ1v) is 8.91. The van der Waals surface area contributed by atoms with Gasteiger partial charge in [0.05, 0.1) is 0 Å². The highest BCUT2D eigenvalue weighted by atomic mass is 16.3. The molecule has 1 aliphatic rings. The lowest BCUT2D eigenvalue weighted by Gasteiger charge is -2.41. The van der Waals surface area contributed by atoms with E-state index in [2.05, 4.69) is 71.3 Å². The van der Waals surface area contributed by atoms with Gasteiger partial charge in [0.2, 0.25) is 0 Å². The summed E-state index contributed by atoms with van der Waals surface area (Å²) in [4.78, 5) is 5.05. The third kappa shape index (κ3) is 4.67. The molecule has 0 bridgehead atoms. The maximum atomic E-state index is 9.47.